The van der Waals surface area contributed by atoms with E-state index in [1.807, 2.05) is 9.80 Å². The number of nitrogens with zero attached hydrogens (tertiary/aromatic N) is 3. The number of hydrogen-bond acceptors (Lipinski definition) is 5. The second kappa shape index (κ2) is 7.51. The Morgan fingerprint density at radius 3 is 2.48 bits per heavy atom. The molecule has 7 nitrogen and oxygen atoms in total. The number of carbonyl (C=O) groups is 1. The van der Waals surface area contributed by atoms with Crippen molar-refractivity contribution in [1.29, 1.82) is 0 Å². The van der Waals surface area contributed by atoms with Crippen LogP contribution in [0.3, 0.4) is 0 Å². The van der Waals surface area contributed by atoms with Gasteiger partial charge in [-0.3, -0.25) is 14.6 Å². The van der Waals surface area contributed by atoms with Gasteiger partial charge in [-0.25, -0.2) is 4.98 Å². The molecule has 0 aromatic carbocycles. The maximum absolute atomic E-state index is 13.9. The zero-order valence-corrected chi connectivity index (χ0v) is 14.8. The van der Waals surface area contributed by atoms with Crippen LogP contribution in [0.5, 0.6) is 0 Å². The number of ether oxygens (including phenoxy) is 1. The van der Waals surface area contributed by atoms with Crippen LogP contribution in [0.4, 0.5) is 10.3 Å². The molecule has 2 saturated heterocycles. The molecule has 1 aromatic rings. The molecule has 0 spiro atoms. The van der Waals surface area contributed by atoms with E-state index >= 15 is 0 Å². The van der Waals surface area contributed by atoms with Gasteiger partial charge in [-0.1, -0.05) is 13.8 Å². The highest BCUT2D eigenvalue weighted by atomic mass is 19.1. The first-order valence-corrected chi connectivity index (χ1v) is 8.88. The molecule has 1 N–H and O–H groups in total. The number of halogens is 1. The van der Waals surface area contributed by atoms with Crippen LogP contribution in [-0.4, -0.2) is 60.2 Å². The first-order chi connectivity index (χ1) is 12.0. The zero-order chi connectivity index (χ0) is 18.0. The fourth-order valence-electron chi connectivity index (χ4n) is 3.34. The van der Waals surface area contributed by atoms with Gasteiger partial charge < -0.3 is 14.5 Å². The van der Waals surface area contributed by atoms with Gasteiger partial charge in [-0.2, -0.15) is 4.39 Å². The maximum atomic E-state index is 13.9. The minimum absolute atomic E-state index is 0.0524. The Hall–Kier alpha value is -1.96. The number of anilines is 1. The number of H-pyrrole nitrogens is 1. The summed E-state index contributed by atoms with van der Waals surface area (Å²) in [6.07, 6.45) is 1.56. The summed E-state index contributed by atoms with van der Waals surface area (Å²) in [6.45, 7) is 7.20. The number of rotatable bonds is 3. The number of piperazine rings is 1. The molecule has 0 bridgehead atoms. The summed E-state index contributed by atoms with van der Waals surface area (Å²) < 4.78 is 19.2. The van der Waals surface area contributed by atoms with Gasteiger partial charge in [0.25, 0.3) is 5.56 Å². The minimum Gasteiger partial charge on any atom is -0.381 e. The van der Waals surface area contributed by atoms with E-state index in [9.17, 15) is 14.0 Å². The molecule has 8 heteroatoms. The SMILES string of the molecule is CC(C)c1nc(N2CCN(C(=O)C3CCOCC3)CC2)[nH]c(=O)c1F. The Morgan fingerprint density at radius 1 is 1.24 bits per heavy atom. The quantitative estimate of drug-likeness (QED) is 0.882. The number of nitrogens with one attached hydrogen (secondary N) is 1. The fraction of sp³-hybridized carbons (Fsp3) is 0.706. The second-order valence-corrected chi connectivity index (χ2v) is 6.94. The largest absolute Gasteiger partial charge is 0.381 e. The van der Waals surface area contributed by atoms with Crippen LogP contribution >= 0.6 is 0 Å². The standard InChI is InChI=1S/C17H25FN4O3/c1-11(2)14-13(18)15(23)20-17(19-14)22-7-5-21(6-8-22)16(24)12-3-9-25-10-4-12/h11-12H,3-10H2,1-2H3,(H,19,20,23). The molecule has 0 unspecified atom stereocenters. The zero-order valence-electron chi connectivity index (χ0n) is 14.8. The number of hydrogen-bond donors (Lipinski definition) is 1. The Balaban J connectivity index is 1.66. The number of aromatic nitrogens is 2. The Labute approximate surface area is 146 Å². The molecular formula is C17H25FN4O3. The van der Waals surface area contributed by atoms with E-state index in [1.165, 1.54) is 0 Å². The molecule has 25 heavy (non-hydrogen) atoms. The van der Waals surface area contributed by atoms with Gasteiger partial charge >= 0.3 is 0 Å². The Morgan fingerprint density at radius 2 is 1.88 bits per heavy atom. The van der Waals surface area contributed by atoms with E-state index in [1.54, 1.807) is 13.8 Å². The highest BCUT2D eigenvalue weighted by Gasteiger charge is 2.29. The lowest BCUT2D eigenvalue weighted by atomic mass is 9.98. The average Bonchev–Trinajstić information content (AvgIpc) is 2.64. The molecule has 0 radical (unpaired) electrons. The molecule has 138 valence electrons. The van der Waals surface area contributed by atoms with Gasteiger partial charge in [-0.15, -0.1) is 0 Å². The molecule has 2 aliphatic rings. The van der Waals surface area contributed by atoms with Crippen molar-refractivity contribution in [3.63, 3.8) is 0 Å². The van der Waals surface area contributed by atoms with Crippen molar-refractivity contribution in [3.05, 3.63) is 21.9 Å². The predicted octanol–water partition coefficient (Wildman–Crippen LogP) is 1.11. The molecule has 3 rings (SSSR count). The van der Waals surface area contributed by atoms with Crippen molar-refractivity contribution < 1.29 is 13.9 Å². The molecule has 1 amide bonds. The monoisotopic (exact) mass is 352 g/mol. The first kappa shape index (κ1) is 17.8. The van der Waals surface area contributed by atoms with Gasteiger partial charge in [-0.05, 0) is 18.8 Å². The summed E-state index contributed by atoms with van der Waals surface area (Å²) in [6, 6.07) is 0. The molecule has 0 aliphatic carbocycles. The number of carbonyl (C=O) groups excluding carboxylic acids is 1. The van der Waals surface area contributed by atoms with E-state index in [0.29, 0.717) is 45.3 Å². The third-order valence-electron chi connectivity index (χ3n) is 4.88. The molecule has 0 atom stereocenters. The molecule has 3 heterocycles. The third-order valence-corrected chi connectivity index (χ3v) is 4.88. The minimum atomic E-state index is -0.813. The first-order valence-electron chi connectivity index (χ1n) is 8.88. The third kappa shape index (κ3) is 3.84. The van der Waals surface area contributed by atoms with E-state index in [2.05, 4.69) is 9.97 Å². The average molecular weight is 352 g/mol. The summed E-state index contributed by atoms with van der Waals surface area (Å²) in [4.78, 5) is 35.0. The van der Waals surface area contributed by atoms with E-state index in [4.69, 9.17) is 4.74 Å². The van der Waals surface area contributed by atoms with Gasteiger partial charge in [0.1, 0.15) is 0 Å². The highest BCUT2D eigenvalue weighted by molar-refractivity contribution is 5.79. The normalized spacial score (nSPS) is 19.5. The van der Waals surface area contributed by atoms with Crippen LogP contribution in [0.1, 0.15) is 38.3 Å². The highest BCUT2D eigenvalue weighted by Crippen LogP contribution is 2.20. The van der Waals surface area contributed by atoms with Crippen molar-refractivity contribution in [1.82, 2.24) is 14.9 Å². The van der Waals surface area contributed by atoms with Crippen molar-refractivity contribution in [3.8, 4) is 0 Å². The van der Waals surface area contributed by atoms with Crippen molar-refractivity contribution in [2.75, 3.05) is 44.3 Å². The Bertz CT molecular complexity index is 677. The van der Waals surface area contributed by atoms with E-state index in [-0.39, 0.29) is 23.4 Å². The summed E-state index contributed by atoms with van der Waals surface area (Å²) in [7, 11) is 0. The van der Waals surface area contributed by atoms with E-state index in [0.717, 1.165) is 12.8 Å². The van der Waals surface area contributed by atoms with Crippen LogP contribution in [0.25, 0.3) is 0 Å². The molecule has 2 aliphatic heterocycles. The van der Waals surface area contributed by atoms with Crippen LogP contribution in [0.15, 0.2) is 4.79 Å². The second-order valence-electron chi connectivity index (χ2n) is 6.94. The fourth-order valence-corrected chi connectivity index (χ4v) is 3.34. The summed E-state index contributed by atoms with van der Waals surface area (Å²) in [5.74, 6) is -0.360. The number of amides is 1. The number of aromatic amines is 1. The van der Waals surface area contributed by atoms with Gasteiger partial charge in [0.05, 0.1) is 5.69 Å². The van der Waals surface area contributed by atoms with E-state index < -0.39 is 11.4 Å². The molecule has 0 saturated carbocycles. The van der Waals surface area contributed by atoms with Crippen LogP contribution in [0, 0.1) is 11.7 Å². The van der Waals surface area contributed by atoms with Crippen molar-refractivity contribution in [2.24, 2.45) is 5.92 Å². The van der Waals surface area contributed by atoms with Crippen molar-refractivity contribution >= 4 is 11.9 Å². The maximum Gasteiger partial charge on any atom is 0.288 e. The van der Waals surface area contributed by atoms with Crippen LogP contribution in [-0.2, 0) is 9.53 Å². The lowest BCUT2D eigenvalue weighted by molar-refractivity contribution is -0.138. The summed E-state index contributed by atoms with van der Waals surface area (Å²) in [5.41, 5.74) is -0.561. The van der Waals surface area contributed by atoms with Gasteiger partial charge in [0, 0.05) is 45.3 Å². The van der Waals surface area contributed by atoms with Crippen molar-refractivity contribution in [2.45, 2.75) is 32.6 Å². The van der Waals surface area contributed by atoms with Crippen LogP contribution < -0.4 is 10.5 Å². The lowest BCUT2D eigenvalue weighted by Crippen LogP contribution is -2.51. The topological polar surface area (TPSA) is 78.5 Å². The molecule has 2 fully saturated rings. The molecular weight excluding hydrogens is 327 g/mol. The predicted molar refractivity (Wildman–Crippen MR) is 91.2 cm³/mol. The van der Waals surface area contributed by atoms with Gasteiger partial charge in [0.2, 0.25) is 17.7 Å². The molecule has 1 aromatic heterocycles. The lowest BCUT2D eigenvalue weighted by Gasteiger charge is -2.37. The Kier molecular flexibility index (Phi) is 5.36. The van der Waals surface area contributed by atoms with Crippen LogP contribution in [0.2, 0.25) is 0 Å². The smallest absolute Gasteiger partial charge is 0.288 e. The summed E-state index contributed by atoms with van der Waals surface area (Å²) >= 11 is 0. The van der Waals surface area contributed by atoms with Gasteiger partial charge in [0.15, 0.2) is 0 Å². The summed E-state index contributed by atoms with van der Waals surface area (Å²) in [5, 5.41) is 0.